The number of anilines is 1. The van der Waals surface area contributed by atoms with Gasteiger partial charge in [0, 0.05) is 18.3 Å². The van der Waals surface area contributed by atoms with Gasteiger partial charge in [-0.15, -0.1) is 10.2 Å². The summed E-state index contributed by atoms with van der Waals surface area (Å²) in [6, 6.07) is 12.1. The summed E-state index contributed by atoms with van der Waals surface area (Å²) >= 11 is 1.19. The molecule has 0 aliphatic carbocycles. The van der Waals surface area contributed by atoms with Gasteiger partial charge >= 0.3 is 0 Å². The molecule has 2 aliphatic heterocycles. The Balaban J connectivity index is 1.32. The first kappa shape index (κ1) is 20.3. The molecule has 10 heteroatoms. The third-order valence-electron chi connectivity index (χ3n) is 5.40. The Kier molecular flexibility index (Phi) is 5.36. The molecule has 0 spiro atoms. The van der Waals surface area contributed by atoms with Crippen LogP contribution in [0, 0.1) is 0 Å². The Labute approximate surface area is 187 Å². The SMILES string of the molecule is COc1ccccc1C(=O)N1CCC[C@@H]1c1nnc(C(=O)Nc2ccc3c(c2)OCO3)s1. The Morgan fingerprint density at radius 3 is 2.88 bits per heavy atom. The monoisotopic (exact) mass is 452 g/mol. The van der Waals surface area contributed by atoms with E-state index in [1.165, 1.54) is 11.3 Å². The second-order valence-corrected chi connectivity index (χ2v) is 8.33. The van der Waals surface area contributed by atoms with Gasteiger partial charge in [-0.05, 0) is 37.1 Å². The smallest absolute Gasteiger partial charge is 0.286 e. The van der Waals surface area contributed by atoms with Crippen molar-refractivity contribution in [1.82, 2.24) is 15.1 Å². The van der Waals surface area contributed by atoms with Crippen molar-refractivity contribution in [2.24, 2.45) is 0 Å². The summed E-state index contributed by atoms with van der Waals surface area (Å²) in [4.78, 5) is 27.7. The van der Waals surface area contributed by atoms with Gasteiger partial charge in [-0.25, -0.2) is 0 Å². The van der Waals surface area contributed by atoms with Crippen molar-refractivity contribution in [2.75, 3.05) is 25.8 Å². The van der Waals surface area contributed by atoms with Crippen LogP contribution in [0.15, 0.2) is 42.5 Å². The molecular weight excluding hydrogens is 432 g/mol. The largest absolute Gasteiger partial charge is 0.496 e. The number of rotatable bonds is 5. The van der Waals surface area contributed by atoms with E-state index in [0.29, 0.717) is 40.1 Å². The number of nitrogens with one attached hydrogen (secondary N) is 1. The predicted octanol–water partition coefficient (Wildman–Crippen LogP) is 3.51. The minimum Gasteiger partial charge on any atom is -0.496 e. The molecule has 164 valence electrons. The minimum absolute atomic E-state index is 0.119. The lowest BCUT2D eigenvalue weighted by Crippen LogP contribution is -2.30. The van der Waals surface area contributed by atoms with Gasteiger partial charge in [0.15, 0.2) is 11.5 Å². The van der Waals surface area contributed by atoms with Crippen LogP contribution in [-0.2, 0) is 0 Å². The molecule has 1 fully saturated rings. The molecule has 1 atom stereocenters. The van der Waals surface area contributed by atoms with Crippen molar-refractivity contribution < 1.29 is 23.8 Å². The predicted molar refractivity (Wildman–Crippen MR) is 116 cm³/mol. The number of amides is 2. The average molecular weight is 452 g/mol. The van der Waals surface area contributed by atoms with Gasteiger partial charge in [0.05, 0.1) is 18.7 Å². The highest BCUT2D eigenvalue weighted by Crippen LogP contribution is 2.37. The zero-order valence-corrected chi connectivity index (χ0v) is 18.1. The van der Waals surface area contributed by atoms with E-state index in [-0.39, 0.29) is 29.7 Å². The highest BCUT2D eigenvalue weighted by molar-refractivity contribution is 7.13. The lowest BCUT2D eigenvalue weighted by Gasteiger charge is -2.23. The van der Waals surface area contributed by atoms with E-state index in [2.05, 4.69) is 15.5 Å². The number of benzene rings is 2. The van der Waals surface area contributed by atoms with Crippen LogP contribution in [0.4, 0.5) is 5.69 Å². The molecule has 0 unspecified atom stereocenters. The zero-order chi connectivity index (χ0) is 22.1. The normalized spacial score (nSPS) is 16.8. The Bertz CT molecular complexity index is 1180. The van der Waals surface area contributed by atoms with E-state index in [1.807, 2.05) is 12.1 Å². The quantitative estimate of drug-likeness (QED) is 0.632. The summed E-state index contributed by atoms with van der Waals surface area (Å²) in [7, 11) is 1.54. The van der Waals surface area contributed by atoms with E-state index < -0.39 is 0 Å². The van der Waals surface area contributed by atoms with Crippen molar-refractivity contribution in [1.29, 1.82) is 0 Å². The van der Waals surface area contributed by atoms with E-state index in [4.69, 9.17) is 14.2 Å². The van der Waals surface area contributed by atoms with Crippen LogP contribution >= 0.6 is 11.3 Å². The number of likely N-dealkylation sites (tertiary alicyclic amines) is 1. The first-order valence-corrected chi connectivity index (χ1v) is 10.9. The molecule has 1 aromatic heterocycles. The molecule has 9 nitrogen and oxygen atoms in total. The molecule has 0 bridgehead atoms. The van der Waals surface area contributed by atoms with Crippen molar-refractivity contribution in [3.05, 3.63) is 58.0 Å². The summed E-state index contributed by atoms with van der Waals surface area (Å²) in [6.45, 7) is 0.776. The van der Waals surface area contributed by atoms with Gasteiger partial charge in [-0.2, -0.15) is 0 Å². The van der Waals surface area contributed by atoms with Gasteiger partial charge in [0.1, 0.15) is 10.8 Å². The van der Waals surface area contributed by atoms with Gasteiger partial charge in [-0.1, -0.05) is 23.5 Å². The van der Waals surface area contributed by atoms with Crippen molar-refractivity contribution in [3.8, 4) is 17.2 Å². The second-order valence-electron chi connectivity index (χ2n) is 7.32. The molecule has 2 aliphatic rings. The van der Waals surface area contributed by atoms with Gasteiger partial charge in [-0.3, -0.25) is 9.59 Å². The Morgan fingerprint density at radius 1 is 1.16 bits per heavy atom. The van der Waals surface area contributed by atoms with E-state index >= 15 is 0 Å². The number of para-hydroxylation sites is 1. The molecule has 1 N–H and O–H groups in total. The molecule has 2 amide bonds. The molecule has 1 saturated heterocycles. The molecule has 3 aromatic rings. The fraction of sp³-hybridized carbons (Fsp3) is 0.273. The van der Waals surface area contributed by atoms with Crippen molar-refractivity contribution in [2.45, 2.75) is 18.9 Å². The average Bonchev–Trinajstić information content (AvgIpc) is 3.58. The fourth-order valence-electron chi connectivity index (χ4n) is 3.86. The number of carbonyl (C=O) groups excluding carboxylic acids is 2. The van der Waals surface area contributed by atoms with Crippen molar-refractivity contribution >= 4 is 28.8 Å². The van der Waals surface area contributed by atoms with Crippen LogP contribution in [0.5, 0.6) is 17.2 Å². The topological polar surface area (TPSA) is 103 Å². The third-order valence-corrected chi connectivity index (χ3v) is 6.42. The number of hydrogen-bond donors (Lipinski definition) is 1. The minimum atomic E-state index is -0.367. The van der Waals surface area contributed by atoms with Crippen LogP contribution in [0.2, 0.25) is 0 Å². The lowest BCUT2D eigenvalue weighted by molar-refractivity contribution is 0.0731. The molecule has 0 radical (unpaired) electrons. The third kappa shape index (κ3) is 3.73. The first-order valence-electron chi connectivity index (χ1n) is 10.1. The van der Waals surface area contributed by atoms with Crippen LogP contribution < -0.4 is 19.5 Å². The number of methoxy groups -OCH3 is 1. The zero-order valence-electron chi connectivity index (χ0n) is 17.2. The summed E-state index contributed by atoms with van der Waals surface area (Å²) in [6.07, 6.45) is 1.61. The fourth-order valence-corrected chi connectivity index (χ4v) is 4.75. The summed E-state index contributed by atoms with van der Waals surface area (Å²) in [5.41, 5.74) is 1.08. The molecule has 3 heterocycles. The summed E-state index contributed by atoms with van der Waals surface area (Å²) in [5, 5.41) is 12.0. The van der Waals surface area contributed by atoms with Crippen LogP contribution in [0.3, 0.4) is 0 Å². The summed E-state index contributed by atoms with van der Waals surface area (Å²) < 4.78 is 16.0. The number of hydrogen-bond acceptors (Lipinski definition) is 8. The van der Waals surface area contributed by atoms with E-state index in [1.54, 1.807) is 42.3 Å². The molecule has 32 heavy (non-hydrogen) atoms. The van der Waals surface area contributed by atoms with Crippen LogP contribution in [0.25, 0.3) is 0 Å². The maximum absolute atomic E-state index is 13.2. The molecule has 5 rings (SSSR count). The van der Waals surface area contributed by atoms with Crippen LogP contribution in [-0.4, -0.2) is 47.4 Å². The van der Waals surface area contributed by atoms with Gasteiger partial charge < -0.3 is 24.4 Å². The van der Waals surface area contributed by atoms with E-state index in [9.17, 15) is 9.59 Å². The number of nitrogens with zero attached hydrogens (tertiary/aromatic N) is 3. The summed E-state index contributed by atoms with van der Waals surface area (Å²) in [5.74, 6) is 1.27. The van der Waals surface area contributed by atoms with Crippen molar-refractivity contribution in [3.63, 3.8) is 0 Å². The highest BCUT2D eigenvalue weighted by atomic mass is 32.1. The Morgan fingerprint density at radius 2 is 2.00 bits per heavy atom. The number of ether oxygens (including phenoxy) is 3. The first-order chi connectivity index (χ1) is 15.6. The van der Waals surface area contributed by atoms with E-state index in [0.717, 1.165) is 12.8 Å². The van der Waals surface area contributed by atoms with Gasteiger partial charge in [0.25, 0.3) is 11.8 Å². The van der Waals surface area contributed by atoms with Crippen LogP contribution in [0.1, 0.15) is 44.1 Å². The molecule has 0 saturated carbocycles. The second kappa shape index (κ2) is 8.46. The lowest BCUT2D eigenvalue weighted by atomic mass is 10.1. The molecule has 2 aromatic carbocycles. The highest BCUT2D eigenvalue weighted by Gasteiger charge is 2.34. The Hall–Kier alpha value is -3.66. The number of aromatic nitrogens is 2. The van der Waals surface area contributed by atoms with Gasteiger partial charge in [0.2, 0.25) is 11.8 Å². The number of fused-ring (bicyclic) bond motifs is 1. The maximum Gasteiger partial charge on any atom is 0.286 e. The standard InChI is InChI=1S/C22H20N4O5S/c1-29-16-7-3-2-5-14(16)22(28)26-10-4-6-15(26)20-24-25-21(32-20)19(27)23-13-8-9-17-18(11-13)31-12-30-17/h2-3,5,7-9,11,15H,4,6,10,12H2,1H3,(H,23,27)/t15-/m1/s1. The maximum atomic E-state index is 13.2. The molecular formula is C22H20N4O5S. The number of carbonyl (C=O) groups is 2.